The molecule has 0 unspecified atom stereocenters. The first-order chi connectivity index (χ1) is 12.9. The van der Waals surface area contributed by atoms with Crippen LogP contribution in [-0.4, -0.2) is 46.7 Å². The lowest BCUT2D eigenvalue weighted by Gasteiger charge is -2.27. The highest BCUT2D eigenvalue weighted by Gasteiger charge is 2.19. The minimum Gasteiger partial charge on any atom is -0.497 e. The fourth-order valence-electron chi connectivity index (χ4n) is 3.02. The van der Waals surface area contributed by atoms with E-state index in [9.17, 15) is 8.42 Å². The Hall–Kier alpha value is -2.09. The maximum absolute atomic E-state index is 12.6. The molecule has 2 aromatic rings. The molecule has 0 N–H and O–H groups in total. The molecular formula is C20H25NO5S. The molecule has 0 aliphatic carbocycles. The van der Waals surface area contributed by atoms with Gasteiger partial charge in [0.1, 0.15) is 16.4 Å². The number of hydrogen-bond donors (Lipinski definition) is 0. The number of rotatable bonds is 6. The van der Waals surface area contributed by atoms with Crippen LogP contribution >= 0.6 is 0 Å². The Morgan fingerprint density at radius 3 is 2.33 bits per heavy atom. The Balaban J connectivity index is 1.78. The molecule has 0 spiro atoms. The fraction of sp³-hybridized carbons (Fsp3) is 0.400. The monoisotopic (exact) mass is 391 g/mol. The first-order valence-electron chi connectivity index (χ1n) is 8.88. The molecule has 1 heterocycles. The molecule has 27 heavy (non-hydrogen) atoms. The third kappa shape index (κ3) is 4.80. The molecule has 0 bridgehead atoms. The van der Waals surface area contributed by atoms with Crippen LogP contribution < -0.4 is 8.92 Å². The van der Waals surface area contributed by atoms with E-state index in [4.69, 9.17) is 13.7 Å². The van der Waals surface area contributed by atoms with Crippen LogP contribution in [0.1, 0.15) is 16.7 Å². The third-order valence-electron chi connectivity index (χ3n) is 4.68. The van der Waals surface area contributed by atoms with E-state index in [1.165, 1.54) is 24.8 Å². The van der Waals surface area contributed by atoms with Crippen LogP contribution in [0.25, 0.3) is 0 Å². The number of methoxy groups -OCH3 is 1. The molecule has 6 nitrogen and oxygen atoms in total. The quantitative estimate of drug-likeness (QED) is 0.706. The second-order valence-electron chi connectivity index (χ2n) is 6.65. The van der Waals surface area contributed by atoms with E-state index in [2.05, 4.69) is 4.90 Å². The summed E-state index contributed by atoms with van der Waals surface area (Å²) >= 11 is 0. The van der Waals surface area contributed by atoms with Gasteiger partial charge in [-0.2, -0.15) is 8.42 Å². The van der Waals surface area contributed by atoms with Gasteiger partial charge in [0.15, 0.2) is 0 Å². The maximum Gasteiger partial charge on any atom is 0.339 e. The summed E-state index contributed by atoms with van der Waals surface area (Å²) in [6, 6.07) is 9.95. The Kier molecular flexibility index (Phi) is 6.04. The summed E-state index contributed by atoms with van der Waals surface area (Å²) in [4.78, 5) is 2.43. The van der Waals surface area contributed by atoms with Crippen LogP contribution in [0.15, 0.2) is 41.3 Å². The molecule has 1 saturated heterocycles. The zero-order valence-corrected chi connectivity index (χ0v) is 16.7. The van der Waals surface area contributed by atoms with Crippen LogP contribution in [-0.2, 0) is 21.4 Å². The van der Waals surface area contributed by atoms with E-state index in [0.29, 0.717) is 11.5 Å². The van der Waals surface area contributed by atoms with Crippen molar-refractivity contribution in [2.75, 3.05) is 33.4 Å². The van der Waals surface area contributed by atoms with E-state index in [-0.39, 0.29) is 4.90 Å². The van der Waals surface area contributed by atoms with Crippen LogP contribution in [0.5, 0.6) is 11.5 Å². The van der Waals surface area contributed by atoms with Crippen molar-refractivity contribution in [2.45, 2.75) is 25.3 Å². The van der Waals surface area contributed by atoms with Gasteiger partial charge in [0, 0.05) is 19.6 Å². The lowest BCUT2D eigenvalue weighted by Crippen LogP contribution is -2.35. The molecule has 3 rings (SSSR count). The highest BCUT2D eigenvalue weighted by Crippen LogP contribution is 2.27. The number of aryl methyl sites for hydroxylation is 2. The molecule has 2 aromatic carbocycles. The topological polar surface area (TPSA) is 65.1 Å². The number of benzene rings is 2. The Bertz CT molecular complexity index is 887. The van der Waals surface area contributed by atoms with Crippen molar-refractivity contribution in [3.8, 4) is 11.5 Å². The largest absolute Gasteiger partial charge is 0.497 e. The summed E-state index contributed by atoms with van der Waals surface area (Å²) in [5.41, 5.74) is 2.97. The van der Waals surface area contributed by atoms with Crippen LogP contribution in [0.3, 0.4) is 0 Å². The van der Waals surface area contributed by atoms with E-state index in [1.54, 1.807) is 18.2 Å². The Morgan fingerprint density at radius 1 is 1.04 bits per heavy atom. The van der Waals surface area contributed by atoms with Crippen molar-refractivity contribution in [1.29, 1.82) is 0 Å². The number of ether oxygens (including phenoxy) is 2. The predicted molar refractivity (Wildman–Crippen MR) is 103 cm³/mol. The first kappa shape index (κ1) is 19.7. The minimum atomic E-state index is -3.90. The van der Waals surface area contributed by atoms with Gasteiger partial charge in [-0.1, -0.05) is 6.07 Å². The first-order valence-corrected chi connectivity index (χ1v) is 10.3. The van der Waals surface area contributed by atoms with E-state index in [1.807, 2.05) is 19.9 Å². The highest BCUT2D eigenvalue weighted by atomic mass is 32.2. The average molecular weight is 391 g/mol. The molecule has 0 amide bonds. The smallest absolute Gasteiger partial charge is 0.339 e. The standard InChI is InChI=1S/C20H25NO5S/c1-15-13-20(16(2)12-17(15)14-21-8-10-25-11-9-21)26-27(22,23)19-6-4-18(24-3)5-7-19/h4-7,12-13H,8-11,14H2,1-3H3. The lowest BCUT2D eigenvalue weighted by molar-refractivity contribution is 0.0341. The molecule has 1 aliphatic heterocycles. The van der Waals surface area contributed by atoms with Gasteiger partial charge in [-0.3, -0.25) is 4.90 Å². The second kappa shape index (κ2) is 8.29. The highest BCUT2D eigenvalue weighted by molar-refractivity contribution is 7.87. The maximum atomic E-state index is 12.6. The van der Waals surface area contributed by atoms with Gasteiger partial charge in [-0.25, -0.2) is 0 Å². The number of hydrogen-bond acceptors (Lipinski definition) is 6. The number of nitrogens with zero attached hydrogens (tertiary/aromatic N) is 1. The molecule has 1 aliphatic rings. The van der Waals surface area contributed by atoms with Crippen molar-refractivity contribution < 1.29 is 22.1 Å². The van der Waals surface area contributed by atoms with Gasteiger partial charge >= 0.3 is 10.1 Å². The van der Waals surface area contributed by atoms with Crippen LogP contribution in [0, 0.1) is 13.8 Å². The molecule has 0 radical (unpaired) electrons. The van der Waals surface area contributed by atoms with Crippen LogP contribution in [0.2, 0.25) is 0 Å². The van der Waals surface area contributed by atoms with E-state index < -0.39 is 10.1 Å². The normalized spacial score (nSPS) is 15.5. The molecule has 7 heteroatoms. The summed E-state index contributed by atoms with van der Waals surface area (Å²) in [5.74, 6) is 0.947. The summed E-state index contributed by atoms with van der Waals surface area (Å²) in [5, 5.41) is 0. The van der Waals surface area contributed by atoms with Crippen molar-refractivity contribution in [1.82, 2.24) is 4.90 Å². The predicted octanol–water partition coefficient (Wildman–Crippen LogP) is 2.91. The Labute approximate surface area is 160 Å². The zero-order chi connectivity index (χ0) is 19.4. The molecule has 146 valence electrons. The summed E-state index contributed by atoms with van der Waals surface area (Å²) < 4.78 is 41.0. The minimum absolute atomic E-state index is 0.0951. The summed E-state index contributed by atoms with van der Waals surface area (Å²) in [6.45, 7) is 7.97. The zero-order valence-electron chi connectivity index (χ0n) is 15.9. The molecular weight excluding hydrogens is 366 g/mol. The van der Waals surface area contributed by atoms with Crippen molar-refractivity contribution in [2.24, 2.45) is 0 Å². The summed E-state index contributed by atoms with van der Waals surface area (Å²) in [6.07, 6.45) is 0. The summed E-state index contributed by atoms with van der Waals surface area (Å²) in [7, 11) is -2.37. The van der Waals surface area contributed by atoms with Crippen molar-refractivity contribution in [3.63, 3.8) is 0 Å². The Morgan fingerprint density at radius 2 is 1.70 bits per heavy atom. The van der Waals surface area contributed by atoms with Crippen LogP contribution in [0.4, 0.5) is 0 Å². The molecule has 1 fully saturated rings. The van der Waals surface area contributed by atoms with Gasteiger partial charge in [-0.15, -0.1) is 0 Å². The van der Waals surface area contributed by atoms with Gasteiger partial charge in [-0.05, 0) is 60.9 Å². The van der Waals surface area contributed by atoms with Gasteiger partial charge < -0.3 is 13.7 Å². The molecule has 0 saturated carbocycles. The molecule has 0 atom stereocenters. The van der Waals surface area contributed by atoms with E-state index in [0.717, 1.165) is 44.0 Å². The second-order valence-corrected chi connectivity index (χ2v) is 8.19. The van der Waals surface area contributed by atoms with Gasteiger partial charge in [0.2, 0.25) is 0 Å². The number of morpholine rings is 1. The average Bonchev–Trinajstić information content (AvgIpc) is 2.66. The van der Waals surface area contributed by atoms with Gasteiger partial charge in [0.25, 0.3) is 0 Å². The van der Waals surface area contributed by atoms with Crippen molar-refractivity contribution >= 4 is 10.1 Å². The fourth-order valence-corrected chi connectivity index (χ4v) is 4.00. The SMILES string of the molecule is COc1ccc(S(=O)(=O)Oc2cc(C)c(CN3CCOCC3)cc2C)cc1. The lowest BCUT2D eigenvalue weighted by atomic mass is 10.0. The molecule has 0 aromatic heterocycles. The van der Waals surface area contributed by atoms with Gasteiger partial charge in [0.05, 0.1) is 20.3 Å². The third-order valence-corrected chi connectivity index (χ3v) is 5.93. The van der Waals surface area contributed by atoms with Crippen molar-refractivity contribution in [3.05, 3.63) is 53.1 Å². The van der Waals surface area contributed by atoms with E-state index >= 15 is 0 Å².